The average Bonchev–Trinajstić information content (AvgIpc) is 3.49. The molecule has 0 spiro atoms. The van der Waals surface area contributed by atoms with Crippen LogP contribution in [0.15, 0.2) is 87.7 Å². The van der Waals surface area contributed by atoms with Crippen LogP contribution in [0.4, 0.5) is 0 Å². The van der Waals surface area contributed by atoms with Crippen molar-refractivity contribution in [2.75, 3.05) is 5.75 Å². The molecule has 0 radical (unpaired) electrons. The highest BCUT2D eigenvalue weighted by Crippen LogP contribution is 2.29. The number of carbonyl (C=O) groups is 1. The van der Waals surface area contributed by atoms with Crippen LogP contribution < -0.4 is 5.43 Å². The number of hydrogen-bond acceptors (Lipinski definition) is 6. The van der Waals surface area contributed by atoms with Gasteiger partial charge in [0.2, 0.25) is 0 Å². The highest BCUT2D eigenvalue weighted by atomic mass is 35.5. The van der Waals surface area contributed by atoms with Crippen molar-refractivity contribution in [3.63, 3.8) is 0 Å². The zero-order valence-electron chi connectivity index (χ0n) is 17.1. The highest BCUT2D eigenvalue weighted by molar-refractivity contribution is 7.99. The lowest BCUT2D eigenvalue weighted by Gasteiger charge is -2.10. The summed E-state index contributed by atoms with van der Waals surface area (Å²) < 4.78 is 7.04. The van der Waals surface area contributed by atoms with Crippen molar-refractivity contribution in [3.05, 3.63) is 88.8 Å². The summed E-state index contributed by atoms with van der Waals surface area (Å²) in [5, 5.41) is 14.3. The monoisotopic (exact) mass is 497 g/mol. The number of benzene rings is 2. The fraction of sp³-hybridized carbons (Fsp3) is 0.0435. The van der Waals surface area contributed by atoms with Crippen molar-refractivity contribution >= 4 is 53.2 Å². The summed E-state index contributed by atoms with van der Waals surface area (Å²) in [6.07, 6.45) is 6.45. The Bertz CT molecular complexity index is 1270. The first kappa shape index (κ1) is 22.8. The summed E-state index contributed by atoms with van der Waals surface area (Å²) in [4.78, 5) is 12.2. The van der Waals surface area contributed by atoms with Gasteiger partial charge in [0.05, 0.1) is 12.0 Å². The zero-order valence-corrected chi connectivity index (χ0v) is 19.4. The lowest BCUT2D eigenvalue weighted by Crippen LogP contribution is -2.19. The molecule has 7 nitrogen and oxygen atoms in total. The quantitative estimate of drug-likeness (QED) is 0.190. The molecule has 2 aromatic heterocycles. The van der Waals surface area contributed by atoms with Gasteiger partial charge >= 0.3 is 0 Å². The number of carbonyl (C=O) groups excluding carboxylic acids is 1. The molecule has 10 heteroatoms. The van der Waals surface area contributed by atoms with Crippen LogP contribution in [0, 0.1) is 0 Å². The first-order chi connectivity index (χ1) is 16.1. The number of thioether (sulfide) groups is 1. The van der Waals surface area contributed by atoms with Gasteiger partial charge in [0.1, 0.15) is 5.76 Å². The predicted octanol–water partition coefficient (Wildman–Crippen LogP) is 5.74. The van der Waals surface area contributed by atoms with E-state index >= 15 is 0 Å². The fourth-order valence-electron chi connectivity index (χ4n) is 2.81. The van der Waals surface area contributed by atoms with Crippen molar-refractivity contribution in [1.29, 1.82) is 0 Å². The van der Waals surface area contributed by atoms with E-state index in [0.717, 1.165) is 11.3 Å². The Morgan fingerprint density at radius 2 is 1.79 bits per heavy atom. The van der Waals surface area contributed by atoms with E-state index in [9.17, 15) is 4.79 Å². The van der Waals surface area contributed by atoms with E-state index in [1.54, 1.807) is 48.7 Å². The van der Waals surface area contributed by atoms with Crippen LogP contribution in [0.3, 0.4) is 0 Å². The van der Waals surface area contributed by atoms with E-state index in [-0.39, 0.29) is 11.7 Å². The highest BCUT2D eigenvalue weighted by Gasteiger charge is 2.17. The summed E-state index contributed by atoms with van der Waals surface area (Å²) in [7, 11) is 0. The number of amides is 1. The number of aromatic nitrogens is 3. The minimum atomic E-state index is -0.277. The molecule has 0 atom stereocenters. The maximum Gasteiger partial charge on any atom is 0.250 e. The van der Waals surface area contributed by atoms with Crippen LogP contribution in [0.25, 0.3) is 23.2 Å². The molecule has 2 aromatic carbocycles. The minimum Gasteiger partial charge on any atom is -0.465 e. The Hall–Kier alpha value is -3.33. The summed E-state index contributed by atoms with van der Waals surface area (Å²) in [5.41, 5.74) is 4.14. The normalized spacial score (nSPS) is 11.5. The number of hydrogen-bond donors (Lipinski definition) is 1. The summed E-state index contributed by atoms with van der Waals surface area (Å²) in [5.74, 6) is 1.15. The van der Waals surface area contributed by atoms with E-state index in [1.165, 1.54) is 18.0 Å². The molecular weight excluding hydrogens is 481 g/mol. The number of furan rings is 1. The predicted molar refractivity (Wildman–Crippen MR) is 132 cm³/mol. The molecule has 0 bridgehead atoms. The molecule has 4 aromatic rings. The smallest absolute Gasteiger partial charge is 0.250 e. The largest absolute Gasteiger partial charge is 0.465 e. The number of halogens is 2. The molecule has 0 aliphatic heterocycles. The molecule has 0 saturated heterocycles. The van der Waals surface area contributed by atoms with E-state index < -0.39 is 0 Å². The van der Waals surface area contributed by atoms with Crippen LogP contribution in [-0.2, 0) is 4.79 Å². The van der Waals surface area contributed by atoms with E-state index in [1.807, 2.05) is 34.9 Å². The van der Waals surface area contributed by atoms with E-state index in [0.29, 0.717) is 26.8 Å². The van der Waals surface area contributed by atoms with Gasteiger partial charge in [-0.15, -0.1) is 10.2 Å². The minimum absolute atomic E-state index is 0.103. The zero-order chi connectivity index (χ0) is 23.0. The number of nitrogens with zero attached hydrogens (tertiary/aromatic N) is 4. The fourth-order valence-corrected chi connectivity index (χ4v) is 3.81. The SMILES string of the molecule is O=C(CSc1nnc(-c2ccc(Cl)cc2)n1-c1ccc(Cl)cc1)N/N=C/C=C/c1ccco1. The van der Waals surface area contributed by atoms with Gasteiger partial charge in [-0.2, -0.15) is 5.10 Å². The molecule has 0 aliphatic rings. The summed E-state index contributed by atoms with van der Waals surface area (Å²) >= 11 is 13.3. The van der Waals surface area contributed by atoms with Gasteiger partial charge in [-0.05, 0) is 72.8 Å². The molecular formula is C23H17Cl2N5O2S. The van der Waals surface area contributed by atoms with Crippen molar-refractivity contribution < 1.29 is 9.21 Å². The van der Waals surface area contributed by atoms with Gasteiger partial charge in [-0.25, -0.2) is 5.43 Å². The lowest BCUT2D eigenvalue weighted by molar-refractivity contribution is -0.118. The van der Waals surface area contributed by atoms with Crippen LogP contribution in [0.5, 0.6) is 0 Å². The molecule has 166 valence electrons. The molecule has 0 saturated carbocycles. The van der Waals surface area contributed by atoms with Crippen LogP contribution >= 0.6 is 35.0 Å². The van der Waals surface area contributed by atoms with Crippen LogP contribution in [-0.4, -0.2) is 32.6 Å². The number of allylic oxidation sites excluding steroid dienone is 1. The Morgan fingerprint density at radius 1 is 1.06 bits per heavy atom. The van der Waals surface area contributed by atoms with Gasteiger partial charge < -0.3 is 4.42 Å². The molecule has 0 aliphatic carbocycles. The third kappa shape index (κ3) is 6.13. The molecule has 0 unspecified atom stereocenters. The lowest BCUT2D eigenvalue weighted by atomic mass is 10.2. The second-order valence-electron chi connectivity index (χ2n) is 6.60. The second-order valence-corrected chi connectivity index (χ2v) is 8.42. The van der Waals surface area contributed by atoms with Crippen LogP contribution in [0.2, 0.25) is 10.0 Å². The van der Waals surface area contributed by atoms with Crippen molar-refractivity contribution in [2.45, 2.75) is 5.16 Å². The second kappa shape index (κ2) is 11.0. The van der Waals surface area contributed by atoms with Gasteiger partial charge in [0.25, 0.3) is 5.91 Å². The Labute approximate surface area is 204 Å². The Morgan fingerprint density at radius 3 is 2.48 bits per heavy atom. The maximum absolute atomic E-state index is 12.2. The van der Waals surface area contributed by atoms with Gasteiger partial charge in [-0.3, -0.25) is 9.36 Å². The summed E-state index contributed by atoms with van der Waals surface area (Å²) in [6.45, 7) is 0. The summed E-state index contributed by atoms with van der Waals surface area (Å²) in [6, 6.07) is 18.2. The van der Waals surface area contributed by atoms with Crippen molar-refractivity contribution in [1.82, 2.24) is 20.2 Å². The third-order valence-corrected chi connectivity index (χ3v) is 5.74. The van der Waals surface area contributed by atoms with E-state index in [4.69, 9.17) is 27.6 Å². The van der Waals surface area contributed by atoms with Gasteiger partial charge in [0, 0.05) is 27.5 Å². The number of rotatable bonds is 8. The van der Waals surface area contributed by atoms with Crippen molar-refractivity contribution in [2.24, 2.45) is 5.10 Å². The molecule has 2 heterocycles. The van der Waals surface area contributed by atoms with Gasteiger partial charge in [-0.1, -0.05) is 35.0 Å². The van der Waals surface area contributed by atoms with Gasteiger partial charge in [0.15, 0.2) is 11.0 Å². The first-order valence-corrected chi connectivity index (χ1v) is 11.5. The van der Waals surface area contributed by atoms with Crippen molar-refractivity contribution in [3.8, 4) is 17.1 Å². The molecule has 4 rings (SSSR count). The molecule has 1 N–H and O–H groups in total. The maximum atomic E-state index is 12.2. The average molecular weight is 498 g/mol. The number of hydrazone groups is 1. The molecule has 0 fully saturated rings. The molecule has 1 amide bonds. The first-order valence-electron chi connectivity index (χ1n) is 9.72. The van der Waals surface area contributed by atoms with E-state index in [2.05, 4.69) is 20.7 Å². The Kier molecular flexibility index (Phi) is 7.62. The Balaban J connectivity index is 1.47. The standard InChI is InChI=1S/C23H17Cl2N5O2S/c24-17-7-5-16(6-8-17)22-28-29-23(30(22)19-11-9-18(25)10-12-19)33-15-21(31)27-26-13-1-3-20-4-2-14-32-20/h1-14H,15H2,(H,27,31)/b3-1+,26-13+. The number of nitrogens with one attached hydrogen (secondary N) is 1. The molecule has 33 heavy (non-hydrogen) atoms. The topological polar surface area (TPSA) is 85.3 Å². The van der Waals surface area contributed by atoms with Crippen LogP contribution in [0.1, 0.15) is 5.76 Å². The third-order valence-electron chi connectivity index (χ3n) is 4.31.